The van der Waals surface area contributed by atoms with E-state index in [4.69, 9.17) is 0 Å². The topological polar surface area (TPSA) is 9.86 Å². The number of para-hydroxylation sites is 3. The molecular weight excluding hydrogens is 777 g/mol. The highest BCUT2D eigenvalue weighted by atomic mass is 28.3. The quantitative estimate of drug-likeness (QED) is 0.107. The molecule has 0 radical (unpaired) electrons. The van der Waals surface area contributed by atoms with Crippen LogP contribution in [0.25, 0.3) is 66.1 Å². The first-order valence-corrected chi connectivity index (χ1v) is 24.7. The molecule has 302 valence electrons. The van der Waals surface area contributed by atoms with E-state index in [1.165, 1.54) is 125 Å². The Morgan fingerprint density at radius 1 is 0.349 bits per heavy atom. The summed E-state index contributed by atoms with van der Waals surface area (Å²) in [6.07, 6.45) is 6.61. The first-order valence-electron chi connectivity index (χ1n) is 22.7. The normalized spacial score (nSPS) is 13.7. The van der Waals surface area contributed by atoms with Gasteiger partial charge in [-0.05, 0) is 93.1 Å². The summed E-state index contributed by atoms with van der Waals surface area (Å²) in [5, 5.41) is 10.6. The molecular formula is C60H48N2Si. The van der Waals surface area contributed by atoms with Gasteiger partial charge in [-0.1, -0.05) is 201 Å². The minimum absolute atomic E-state index is 0.643. The summed E-state index contributed by atoms with van der Waals surface area (Å²) in [4.78, 5) is 0. The fourth-order valence-corrected chi connectivity index (χ4v) is 16.0. The van der Waals surface area contributed by atoms with Crippen LogP contribution in [0.3, 0.4) is 0 Å². The monoisotopic (exact) mass is 824 g/mol. The van der Waals surface area contributed by atoms with Crippen LogP contribution >= 0.6 is 0 Å². The van der Waals surface area contributed by atoms with Crippen LogP contribution in [-0.2, 0) is 0 Å². The molecule has 11 aromatic rings. The van der Waals surface area contributed by atoms with E-state index in [1.54, 1.807) is 0 Å². The Morgan fingerprint density at radius 3 is 1.57 bits per heavy atom. The molecule has 1 fully saturated rings. The van der Waals surface area contributed by atoms with Crippen molar-refractivity contribution < 1.29 is 0 Å². The molecule has 0 spiro atoms. The van der Waals surface area contributed by atoms with Crippen molar-refractivity contribution in [1.29, 1.82) is 0 Å². The largest absolute Gasteiger partial charge is 0.309 e. The van der Waals surface area contributed by atoms with Gasteiger partial charge < -0.3 is 9.13 Å². The Kier molecular flexibility index (Phi) is 9.30. The van der Waals surface area contributed by atoms with Crippen molar-refractivity contribution in [3.8, 4) is 22.5 Å². The summed E-state index contributed by atoms with van der Waals surface area (Å²) in [7, 11) is -2.73. The van der Waals surface area contributed by atoms with Gasteiger partial charge in [-0.2, -0.15) is 0 Å². The highest BCUT2D eigenvalue weighted by Gasteiger charge is 2.41. The van der Waals surface area contributed by atoms with Crippen molar-refractivity contribution in [2.75, 3.05) is 0 Å². The molecule has 0 atom stereocenters. The number of nitrogens with zero attached hydrogens (tertiary/aromatic N) is 2. The van der Waals surface area contributed by atoms with Crippen LogP contribution in [0.15, 0.2) is 224 Å². The van der Waals surface area contributed by atoms with Crippen molar-refractivity contribution in [2.45, 2.75) is 38.0 Å². The minimum Gasteiger partial charge on any atom is -0.309 e. The summed E-state index contributed by atoms with van der Waals surface area (Å²) < 4.78 is 5.02. The van der Waals surface area contributed by atoms with E-state index in [9.17, 15) is 0 Å². The maximum atomic E-state index is 2.52. The van der Waals surface area contributed by atoms with E-state index < -0.39 is 8.07 Å². The van der Waals surface area contributed by atoms with Crippen LogP contribution in [0, 0.1) is 0 Å². The van der Waals surface area contributed by atoms with Gasteiger partial charge in [0.2, 0.25) is 0 Å². The molecule has 0 unspecified atom stereocenters. The lowest BCUT2D eigenvalue weighted by molar-refractivity contribution is 0.444. The second-order valence-corrected chi connectivity index (χ2v) is 21.3. The van der Waals surface area contributed by atoms with Crippen LogP contribution in [0.4, 0.5) is 0 Å². The predicted molar refractivity (Wildman–Crippen MR) is 270 cm³/mol. The third-order valence-electron chi connectivity index (χ3n) is 14.1. The zero-order chi connectivity index (χ0) is 41.7. The van der Waals surface area contributed by atoms with E-state index in [-0.39, 0.29) is 0 Å². The van der Waals surface area contributed by atoms with Gasteiger partial charge in [-0.3, -0.25) is 0 Å². The smallest absolute Gasteiger partial charge is 0.179 e. The van der Waals surface area contributed by atoms with Gasteiger partial charge in [0.15, 0.2) is 8.07 Å². The zero-order valence-electron chi connectivity index (χ0n) is 35.4. The molecule has 0 N–H and O–H groups in total. The summed E-state index contributed by atoms with van der Waals surface area (Å²) in [5.74, 6) is 0.643. The lowest BCUT2D eigenvalue weighted by Crippen LogP contribution is -2.74. The van der Waals surface area contributed by atoms with Crippen molar-refractivity contribution in [3.05, 3.63) is 230 Å². The number of fused-ring (bicyclic) bond motifs is 6. The van der Waals surface area contributed by atoms with Crippen LogP contribution in [0.2, 0.25) is 0 Å². The summed E-state index contributed by atoms with van der Waals surface area (Å²) in [6.45, 7) is 0. The Bertz CT molecular complexity index is 3330. The molecule has 0 saturated heterocycles. The van der Waals surface area contributed by atoms with Gasteiger partial charge in [0.05, 0.1) is 27.8 Å². The van der Waals surface area contributed by atoms with Gasteiger partial charge >= 0.3 is 0 Å². The van der Waals surface area contributed by atoms with Gasteiger partial charge in [0.25, 0.3) is 0 Å². The molecule has 0 bridgehead atoms. The third-order valence-corrected chi connectivity index (χ3v) is 18.8. The van der Waals surface area contributed by atoms with E-state index in [2.05, 4.69) is 234 Å². The molecule has 1 aliphatic carbocycles. The Balaban J connectivity index is 1.05. The van der Waals surface area contributed by atoms with E-state index in [1.807, 2.05) is 0 Å². The molecule has 0 amide bonds. The molecule has 1 aliphatic rings. The fourth-order valence-electron chi connectivity index (χ4n) is 11.2. The Hall–Kier alpha value is -7.20. The van der Waals surface area contributed by atoms with Crippen molar-refractivity contribution >= 4 is 72.4 Å². The van der Waals surface area contributed by atoms with E-state index >= 15 is 0 Å². The third kappa shape index (κ3) is 6.13. The Morgan fingerprint density at radius 2 is 0.889 bits per heavy atom. The Labute approximate surface area is 370 Å². The number of aromatic nitrogens is 2. The maximum Gasteiger partial charge on any atom is 0.179 e. The molecule has 3 heteroatoms. The predicted octanol–water partition coefficient (Wildman–Crippen LogP) is 13.0. The zero-order valence-corrected chi connectivity index (χ0v) is 36.4. The number of benzene rings is 9. The first-order chi connectivity index (χ1) is 31.3. The molecule has 63 heavy (non-hydrogen) atoms. The molecule has 2 nitrogen and oxygen atoms in total. The van der Waals surface area contributed by atoms with E-state index in [0.717, 1.165) is 0 Å². The summed E-state index contributed by atoms with van der Waals surface area (Å²) >= 11 is 0. The molecule has 1 saturated carbocycles. The maximum absolute atomic E-state index is 2.73. The second kappa shape index (κ2) is 15.6. The van der Waals surface area contributed by atoms with Crippen molar-refractivity contribution in [2.24, 2.45) is 0 Å². The average Bonchev–Trinajstić information content (AvgIpc) is 3.88. The number of rotatable bonds is 8. The summed E-state index contributed by atoms with van der Waals surface area (Å²) in [5.41, 5.74) is 11.2. The molecule has 12 rings (SSSR count). The standard InChI is InChI=1S/C60H48N2Si/c1-5-20-43(21-6-1)44-36-38-54-52-31-14-17-34-57(52)61(60(54)41-44)46-37-39-59-55(42-46)53-32-15-18-35-58(53)62(59)56-33-16-13-30-51(56)45-22-19-29-50(40-45)63(47-23-7-2-8-24-47,48-25-9-3-10-26-48)49-27-11-4-12-28-49/h2-4,7-19,22-43H,1,5-6,20-21H2. The molecule has 9 aromatic carbocycles. The lowest BCUT2D eigenvalue weighted by Gasteiger charge is -2.34. The highest BCUT2D eigenvalue weighted by Crippen LogP contribution is 2.41. The number of hydrogen-bond acceptors (Lipinski definition) is 0. The van der Waals surface area contributed by atoms with Crippen LogP contribution < -0.4 is 20.7 Å². The molecule has 2 heterocycles. The first kappa shape index (κ1) is 37.5. The van der Waals surface area contributed by atoms with Crippen molar-refractivity contribution in [1.82, 2.24) is 9.13 Å². The number of hydrogen-bond donors (Lipinski definition) is 0. The lowest BCUT2D eigenvalue weighted by atomic mass is 9.84. The fraction of sp³-hybridized carbons (Fsp3) is 0.100. The molecule has 0 aliphatic heterocycles. The van der Waals surface area contributed by atoms with Crippen LogP contribution in [-0.4, -0.2) is 17.2 Å². The average molecular weight is 825 g/mol. The second-order valence-electron chi connectivity index (χ2n) is 17.5. The van der Waals surface area contributed by atoms with Crippen molar-refractivity contribution in [3.63, 3.8) is 0 Å². The van der Waals surface area contributed by atoms with Crippen LogP contribution in [0.1, 0.15) is 43.6 Å². The minimum atomic E-state index is -2.73. The van der Waals surface area contributed by atoms with Gasteiger partial charge in [0, 0.05) is 32.8 Å². The van der Waals surface area contributed by atoms with Gasteiger partial charge in [-0.15, -0.1) is 0 Å². The summed E-state index contributed by atoms with van der Waals surface area (Å²) in [6, 6.07) is 84.5. The van der Waals surface area contributed by atoms with Crippen LogP contribution in [0.5, 0.6) is 0 Å². The van der Waals surface area contributed by atoms with Gasteiger partial charge in [-0.25, -0.2) is 0 Å². The van der Waals surface area contributed by atoms with Gasteiger partial charge in [0.1, 0.15) is 0 Å². The SMILES string of the molecule is c1ccc([Si](c2ccccc2)(c2ccccc2)c2cccc(-c3ccccc3-n3c4ccccc4c4cc(-n5c6ccccc6c6ccc(C7CCCCC7)cc65)ccc43)c2)cc1. The van der Waals surface area contributed by atoms with E-state index in [0.29, 0.717) is 5.92 Å². The highest BCUT2D eigenvalue weighted by molar-refractivity contribution is 7.19. The molecule has 2 aromatic heterocycles.